The Labute approximate surface area is 134 Å². The fourth-order valence-electron chi connectivity index (χ4n) is 2.79. The average Bonchev–Trinajstić information content (AvgIpc) is 3.23. The van der Waals surface area contributed by atoms with E-state index in [1.807, 2.05) is 26.4 Å². The molecule has 1 fully saturated rings. The summed E-state index contributed by atoms with van der Waals surface area (Å²) in [5, 5.41) is 14.1. The number of anilines is 1. The Bertz CT molecular complexity index is 664. The Hall–Kier alpha value is -2.51. The van der Waals surface area contributed by atoms with E-state index in [1.165, 1.54) is 0 Å². The van der Waals surface area contributed by atoms with Crippen LogP contribution in [0.4, 0.5) is 10.6 Å². The van der Waals surface area contributed by atoms with Crippen LogP contribution < -0.4 is 15.4 Å². The average molecular weight is 318 g/mol. The van der Waals surface area contributed by atoms with Crippen molar-refractivity contribution in [2.24, 2.45) is 7.05 Å². The Balaban J connectivity index is 1.54. The van der Waals surface area contributed by atoms with E-state index in [4.69, 9.17) is 4.74 Å². The van der Waals surface area contributed by atoms with Crippen LogP contribution in [0.25, 0.3) is 0 Å². The molecule has 0 bridgehead atoms. The molecule has 8 heteroatoms. The molecule has 3 rings (SSSR count). The van der Waals surface area contributed by atoms with E-state index in [0.29, 0.717) is 5.82 Å². The summed E-state index contributed by atoms with van der Waals surface area (Å²) < 4.78 is 9.40. The molecule has 23 heavy (non-hydrogen) atoms. The van der Waals surface area contributed by atoms with Crippen LogP contribution in [0.15, 0.2) is 24.7 Å². The first-order chi connectivity index (χ1) is 11.1. The molecule has 0 unspecified atom stereocenters. The molecule has 0 radical (unpaired) electrons. The second-order valence-corrected chi connectivity index (χ2v) is 5.70. The number of nitrogens with zero attached hydrogens (tertiary/aromatic N) is 4. The van der Waals surface area contributed by atoms with E-state index in [0.717, 1.165) is 31.6 Å². The van der Waals surface area contributed by atoms with Crippen molar-refractivity contribution in [1.29, 1.82) is 0 Å². The van der Waals surface area contributed by atoms with Crippen molar-refractivity contribution >= 4 is 11.8 Å². The zero-order chi connectivity index (χ0) is 16.2. The Morgan fingerprint density at radius 2 is 2.35 bits per heavy atom. The summed E-state index contributed by atoms with van der Waals surface area (Å²) in [5.41, 5.74) is 0. The maximum atomic E-state index is 12.1. The molecule has 0 saturated heterocycles. The van der Waals surface area contributed by atoms with E-state index in [2.05, 4.69) is 20.8 Å². The van der Waals surface area contributed by atoms with Crippen molar-refractivity contribution in [1.82, 2.24) is 24.9 Å². The lowest BCUT2D eigenvalue weighted by Gasteiger charge is -2.21. The molecule has 1 aliphatic rings. The molecule has 0 spiro atoms. The van der Waals surface area contributed by atoms with Crippen LogP contribution in [-0.2, 0) is 13.6 Å². The number of nitrogens with one attached hydrogen (secondary N) is 2. The number of aromatic nitrogens is 4. The molecule has 2 atom stereocenters. The third-order valence-electron chi connectivity index (χ3n) is 3.94. The molecule has 0 aliphatic heterocycles. The molecule has 2 amide bonds. The number of hydrogen-bond donors (Lipinski definition) is 2. The SMILES string of the molecule is CCn1ccc(NC(=O)N[C@@H]2CCC[C@@H]2Oc2cnn(C)c2)n1. The monoisotopic (exact) mass is 318 g/mol. The van der Waals surface area contributed by atoms with Gasteiger partial charge in [-0.25, -0.2) is 4.79 Å². The summed E-state index contributed by atoms with van der Waals surface area (Å²) >= 11 is 0. The standard InChI is InChI=1S/C15H22N6O2/c1-3-21-8-7-14(19-21)18-15(22)17-12-5-4-6-13(12)23-11-9-16-20(2)10-11/h7-10,12-13H,3-6H2,1-2H3,(H2,17,18,19,22)/t12-,13+/m1/s1. The smallest absolute Gasteiger partial charge is 0.320 e. The molecule has 2 heterocycles. The van der Waals surface area contributed by atoms with Gasteiger partial charge in [-0.3, -0.25) is 14.7 Å². The fourth-order valence-corrected chi connectivity index (χ4v) is 2.79. The Kier molecular flexibility index (Phi) is 4.50. The maximum absolute atomic E-state index is 12.1. The third-order valence-corrected chi connectivity index (χ3v) is 3.94. The summed E-state index contributed by atoms with van der Waals surface area (Å²) in [6.07, 6.45) is 8.17. The van der Waals surface area contributed by atoms with Crippen LogP contribution in [0.5, 0.6) is 5.75 Å². The van der Waals surface area contributed by atoms with Crippen molar-refractivity contribution < 1.29 is 9.53 Å². The predicted molar refractivity (Wildman–Crippen MR) is 85.3 cm³/mol. The second kappa shape index (κ2) is 6.72. The summed E-state index contributed by atoms with van der Waals surface area (Å²) in [7, 11) is 1.85. The van der Waals surface area contributed by atoms with Crippen LogP contribution in [0, 0.1) is 0 Å². The van der Waals surface area contributed by atoms with E-state index in [1.54, 1.807) is 21.6 Å². The Morgan fingerprint density at radius 1 is 1.48 bits per heavy atom. The number of urea groups is 1. The van der Waals surface area contributed by atoms with Gasteiger partial charge in [-0.05, 0) is 26.2 Å². The van der Waals surface area contributed by atoms with Crippen LogP contribution >= 0.6 is 0 Å². The van der Waals surface area contributed by atoms with Gasteiger partial charge in [0.15, 0.2) is 11.6 Å². The van der Waals surface area contributed by atoms with Gasteiger partial charge in [0.1, 0.15) is 6.10 Å². The largest absolute Gasteiger partial charge is 0.485 e. The molecule has 2 N–H and O–H groups in total. The first-order valence-corrected chi connectivity index (χ1v) is 7.90. The van der Waals surface area contributed by atoms with Gasteiger partial charge in [-0.2, -0.15) is 10.2 Å². The highest BCUT2D eigenvalue weighted by molar-refractivity contribution is 5.88. The van der Waals surface area contributed by atoms with Crippen molar-refractivity contribution in [3.05, 3.63) is 24.7 Å². The van der Waals surface area contributed by atoms with Crippen LogP contribution in [-0.4, -0.2) is 37.7 Å². The lowest BCUT2D eigenvalue weighted by Crippen LogP contribution is -2.44. The van der Waals surface area contributed by atoms with Crippen molar-refractivity contribution in [3.63, 3.8) is 0 Å². The van der Waals surface area contributed by atoms with Gasteiger partial charge in [0, 0.05) is 25.9 Å². The van der Waals surface area contributed by atoms with Crippen LogP contribution in [0.1, 0.15) is 26.2 Å². The maximum Gasteiger partial charge on any atom is 0.320 e. The molecule has 0 aromatic carbocycles. The first kappa shape index (κ1) is 15.4. The lowest BCUT2D eigenvalue weighted by atomic mass is 10.2. The fraction of sp³-hybridized carbons (Fsp3) is 0.533. The molecule has 1 saturated carbocycles. The summed E-state index contributed by atoms with van der Waals surface area (Å²) in [6.45, 7) is 2.77. The van der Waals surface area contributed by atoms with E-state index in [-0.39, 0.29) is 18.2 Å². The van der Waals surface area contributed by atoms with E-state index >= 15 is 0 Å². The highest BCUT2D eigenvalue weighted by Gasteiger charge is 2.30. The van der Waals surface area contributed by atoms with Crippen molar-refractivity contribution in [2.75, 3.05) is 5.32 Å². The number of carbonyl (C=O) groups is 1. The van der Waals surface area contributed by atoms with Gasteiger partial charge in [0.05, 0.1) is 18.4 Å². The number of hydrogen-bond acceptors (Lipinski definition) is 4. The minimum atomic E-state index is -0.252. The molecular weight excluding hydrogens is 296 g/mol. The highest BCUT2D eigenvalue weighted by Crippen LogP contribution is 2.24. The summed E-state index contributed by atoms with van der Waals surface area (Å²) in [5.74, 6) is 1.28. The molecule has 1 aliphatic carbocycles. The topological polar surface area (TPSA) is 86.0 Å². The van der Waals surface area contributed by atoms with Crippen LogP contribution in [0.2, 0.25) is 0 Å². The summed E-state index contributed by atoms with van der Waals surface area (Å²) in [4.78, 5) is 12.1. The van der Waals surface area contributed by atoms with Gasteiger partial charge in [-0.1, -0.05) is 0 Å². The number of amides is 2. The lowest BCUT2D eigenvalue weighted by molar-refractivity contribution is 0.175. The zero-order valence-corrected chi connectivity index (χ0v) is 13.4. The van der Waals surface area contributed by atoms with E-state index in [9.17, 15) is 4.79 Å². The highest BCUT2D eigenvalue weighted by atomic mass is 16.5. The number of carbonyl (C=O) groups excluding carboxylic acids is 1. The minimum absolute atomic E-state index is 0.0107. The molecular formula is C15H22N6O2. The molecule has 8 nitrogen and oxygen atoms in total. The number of ether oxygens (including phenoxy) is 1. The summed E-state index contributed by atoms with van der Waals surface area (Å²) in [6, 6.07) is 1.52. The van der Waals surface area contributed by atoms with Gasteiger partial charge < -0.3 is 10.1 Å². The zero-order valence-electron chi connectivity index (χ0n) is 13.4. The quantitative estimate of drug-likeness (QED) is 0.879. The third kappa shape index (κ3) is 3.82. The molecule has 124 valence electrons. The Morgan fingerprint density at radius 3 is 3.04 bits per heavy atom. The predicted octanol–water partition coefficient (Wildman–Crippen LogP) is 1.76. The first-order valence-electron chi connectivity index (χ1n) is 7.90. The van der Waals surface area contributed by atoms with Crippen molar-refractivity contribution in [3.8, 4) is 5.75 Å². The molecule has 2 aromatic rings. The van der Waals surface area contributed by atoms with Crippen LogP contribution in [0.3, 0.4) is 0 Å². The second-order valence-electron chi connectivity index (χ2n) is 5.70. The normalized spacial score (nSPS) is 20.4. The number of aryl methyl sites for hydroxylation is 2. The van der Waals surface area contributed by atoms with Gasteiger partial charge >= 0.3 is 6.03 Å². The minimum Gasteiger partial charge on any atom is -0.485 e. The van der Waals surface area contributed by atoms with E-state index < -0.39 is 0 Å². The van der Waals surface area contributed by atoms with Gasteiger partial charge in [-0.15, -0.1) is 0 Å². The van der Waals surface area contributed by atoms with Gasteiger partial charge in [0.25, 0.3) is 0 Å². The van der Waals surface area contributed by atoms with Crippen molar-refractivity contribution in [2.45, 2.75) is 44.9 Å². The van der Waals surface area contributed by atoms with Gasteiger partial charge in [0.2, 0.25) is 0 Å². The number of rotatable bonds is 5. The molecule has 2 aromatic heterocycles.